The number of hydrogen-bond acceptors (Lipinski definition) is 1. The summed E-state index contributed by atoms with van der Waals surface area (Å²) in [6.07, 6.45) is 2.07. The Morgan fingerprint density at radius 3 is 2.31 bits per heavy atom. The molecule has 2 rings (SSSR count). The third-order valence-corrected chi connectivity index (χ3v) is 2.77. The van der Waals surface area contributed by atoms with Crippen LogP contribution in [0, 0.1) is 0 Å². The average molecular weight is 215 g/mol. The molecule has 0 aliphatic heterocycles. The van der Waals surface area contributed by atoms with E-state index in [0.717, 1.165) is 11.4 Å². The predicted octanol–water partition coefficient (Wildman–Crippen LogP) is 3.81. The van der Waals surface area contributed by atoms with Gasteiger partial charge in [0.2, 0.25) is 0 Å². The standard InChI is InChI=1S/C14H17NO/c1-10(2)12-8-14(15-9-12)11-4-6-13(16-3)7-5-11/h4-10,15H,1-3H3. The molecular weight excluding hydrogens is 198 g/mol. The highest BCUT2D eigenvalue weighted by atomic mass is 16.5. The molecule has 0 radical (unpaired) electrons. The van der Waals surface area contributed by atoms with Crippen LogP contribution in [-0.4, -0.2) is 12.1 Å². The fourth-order valence-electron chi connectivity index (χ4n) is 1.68. The van der Waals surface area contributed by atoms with Gasteiger partial charge < -0.3 is 9.72 Å². The number of methoxy groups -OCH3 is 1. The second-order valence-electron chi connectivity index (χ2n) is 4.23. The van der Waals surface area contributed by atoms with Gasteiger partial charge in [-0.05, 0) is 47.4 Å². The summed E-state index contributed by atoms with van der Waals surface area (Å²) < 4.78 is 5.14. The highest BCUT2D eigenvalue weighted by molar-refractivity contribution is 5.61. The van der Waals surface area contributed by atoms with Gasteiger partial charge in [-0.1, -0.05) is 13.8 Å². The van der Waals surface area contributed by atoms with Crippen LogP contribution in [0.1, 0.15) is 25.3 Å². The van der Waals surface area contributed by atoms with Gasteiger partial charge in [-0.15, -0.1) is 0 Å². The summed E-state index contributed by atoms with van der Waals surface area (Å²) in [7, 11) is 1.68. The van der Waals surface area contributed by atoms with Crippen LogP contribution in [0.3, 0.4) is 0 Å². The molecule has 2 nitrogen and oxygen atoms in total. The van der Waals surface area contributed by atoms with Crippen LogP contribution in [-0.2, 0) is 0 Å². The maximum atomic E-state index is 5.14. The van der Waals surface area contributed by atoms with E-state index in [1.165, 1.54) is 11.1 Å². The molecule has 2 aromatic rings. The Hall–Kier alpha value is -1.70. The van der Waals surface area contributed by atoms with E-state index < -0.39 is 0 Å². The number of aromatic nitrogens is 1. The number of ether oxygens (including phenoxy) is 1. The van der Waals surface area contributed by atoms with Gasteiger partial charge in [0.05, 0.1) is 7.11 Å². The lowest BCUT2D eigenvalue weighted by atomic mass is 10.1. The van der Waals surface area contributed by atoms with E-state index in [0.29, 0.717) is 5.92 Å². The Kier molecular flexibility index (Phi) is 3.00. The Morgan fingerprint density at radius 1 is 1.12 bits per heavy atom. The summed E-state index contributed by atoms with van der Waals surface area (Å²) in [5.41, 5.74) is 3.69. The molecule has 16 heavy (non-hydrogen) atoms. The SMILES string of the molecule is COc1ccc(-c2cc(C(C)C)c[nH]2)cc1. The van der Waals surface area contributed by atoms with Crippen LogP contribution in [0.25, 0.3) is 11.3 Å². The van der Waals surface area contributed by atoms with E-state index in [4.69, 9.17) is 4.74 Å². The van der Waals surface area contributed by atoms with Crippen molar-refractivity contribution in [2.24, 2.45) is 0 Å². The minimum Gasteiger partial charge on any atom is -0.497 e. The van der Waals surface area contributed by atoms with Crippen LogP contribution >= 0.6 is 0 Å². The fourth-order valence-corrected chi connectivity index (χ4v) is 1.68. The third-order valence-electron chi connectivity index (χ3n) is 2.77. The third kappa shape index (κ3) is 2.11. The first-order valence-electron chi connectivity index (χ1n) is 5.53. The summed E-state index contributed by atoms with van der Waals surface area (Å²) in [6, 6.07) is 10.3. The maximum Gasteiger partial charge on any atom is 0.118 e. The molecule has 0 spiro atoms. The minimum absolute atomic E-state index is 0.559. The second-order valence-corrected chi connectivity index (χ2v) is 4.23. The number of rotatable bonds is 3. The highest BCUT2D eigenvalue weighted by Crippen LogP contribution is 2.24. The van der Waals surface area contributed by atoms with Crippen molar-refractivity contribution >= 4 is 0 Å². The van der Waals surface area contributed by atoms with Crippen LogP contribution in [0.5, 0.6) is 5.75 Å². The van der Waals surface area contributed by atoms with E-state index >= 15 is 0 Å². The van der Waals surface area contributed by atoms with Crippen LogP contribution < -0.4 is 4.74 Å². The van der Waals surface area contributed by atoms with Gasteiger partial charge in [-0.3, -0.25) is 0 Å². The molecule has 0 fully saturated rings. The first-order chi connectivity index (χ1) is 7.70. The van der Waals surface area contributed by atoms with Gasteiger partial charge in [-0.25, -0.2) is 0 Å². The topological polar surface area (TPSA) is 25.0 Å². The lowest BCUT2D eigenvalue weighted by Crippen LogP contribution is -1.82. The number of nitrogens with one attached hydrogen (secondary N) is 1. The molecule has 84 valence electrons. The monoisotopic (exact) mass is 215 g/mol. The fraction of sp³-hybridized carbons (Fsp3) is 0.286. The Labute approximate surface area is 96.3 Å². The van der Waals surface area contributed by atoms with Crippen LogP contribution in [0.4, 0.5) is 0 Å². The normalized spacial score (nSPS) is 10.8. The molecule has 1 aromatic heterocycles. The summed E-state index contributed by atoms with van der Waals surface area (Å²) in [5, 5.41) is 0. The minimum atomic E-state index is 0.559. The predicted molar refractivity (Wildman–Crippen MR) is 66.9 cm³/mol. The van der Waals surface area contributed by atoms with Gasteiger partial charge in [0, 0.05) is 11.9 Å². The van der Waals surface area contributed by atoms with Crippen molar-refractivity contribution in [1.29, 1.82) is 0 Å². The zero-order valence-corrected chi connectivity index (χ0v) is 9.95. The molecule has 1 heterocycles. The van der Waals surface area contributed by atoms with E-state index in [-0.39, 0.29) is 0 Å². The maximum absolute atomic E-state index is 5.14. The molecule has 0 aliphatic carbocycles. The Balaban J connectivity index is 2.28. The van der Waals surface area contributed by atoms with E-state index in [1.54, 1.807) is 7.11 Å². The van der Waals surface area contributed by atoms with Crippen molar-refractivity contribution in [3.8, 4) is 17.0 Å². The number of H-pyrrole nitrogens is 1. The Morgan fingerprint density at radius 2 is 1.81 bits per heavy atom. The van der Waals surface area contributed by atoms with E-state index in [1.807, 2.05) is 12.1 Å². The molecule has 0 saturated carbocycles. The quantitative estimate of drug-likeness (QED) is 0.827. The summed E-state index contributed by atoms with van der Waals surface area (Å²) >= 11 is 0. The molecule has 0 saturated heterocycles. The van der Waals surface area contributed by atoms with Crippen molar-refractivity contribution < 1.29 is 4.74 Å². The zero-order valence-electron chi connectivity index (χ0n) is 9.95. The molecule has 2 heteroatoms. The molecule has 0 bridgehead atoms. The summed E-state index contributed by atoms with van der Waals surface area (Å²) in [4.78, 5) is 3.30. The van der Waals surface area contributed by atoms with Crippen molar-refractivity contribution in [2.45, 2.75) is 19.8 Å². The van der Waals surface area contributed by atoms with Crippen molar-refractivity contribution in [2.75, 3.05) is 7.11 Å². The zero-order chi connectivity index (χ0) is 11.5. The molecular formula is C14H17NO. The average Bonchev–Trinajstić information content (AvgIpc) is 2.78. The van der Waals surface area contributed by atoms with Crippen molar-refractivity contribution in [3.05, 3.63) is 42.1 Å². The van der Waals surface area contributed by atoms with Gasteiger partial charge in [0.15, 0.2) is 0 Å². The smallest absolute Gasteiger partial charge is 0.118 e. The molecule has 0 unspecified atom stereocenters. The van der Waals surface area contributed by atoms with Gasteiger partial charge in [0.25, 0.3) is 0 Å². The summed E-state index contributed by atoms with van der Waals surface area (Å²) in [6.45, 7) is 4.39. The number of hydrogen-bond donors (Lipinski definition) is 1. The first-order valence-corrected chi connectivity index (χ1v) is 5.53. The lowest BCUT2D eigenvalue weighted by Gasteiger charge is -2.01. The lowest BCUT2D eigenvalue weighted by molar-refractivity contribution is 0.415. The number of aromatic amines is 1. The number of benzene rings is 1. The van der Waals surface area contributed by atoms with Gasteiger partial charge in [-0.2, -0.15) is 0 Å². The molecule has 0 aliphatic rings. The summed E-state index contributed by atoms with van der Waals surface area (Å²) in [5.74, 6) is 1.45. The molecule has 0 amide bonds. The van der Waals surface area contributed by atoms with Gasteiger partial charge in [0.1, 0.15) is 5.75 Å². The van der Waals surface area contributed by atoms with E-state index in [2.05, 4.69) is 43.2 Å². The van der Waals surface area contributed by atoms with E-state index in [9.17, 15) is 0 Å². The van der Waals surface area contributed by atoms with Crippen LogP contribution in [0.15, 0.2) is 36.5 Å². The largest absolute Gasteiger partial charge is 0.497 e. The van der Waals surface area contributed by atoms with Crippen molar-refractivity contribution in [3.63, 3.8) is 0 Å². The molecule has 1 N–H and O–H groups in total. The first kappa shape index (κ1) is 10.8. The van der Waals surface area contributed by atoms with Gasteiger partial charge >= 0.3 is 0 Å². The van der Waals surface area contributed by atoms with Crippen LogP contribution in [0.2, 0.25) is 0 Å². The van der Waals surface area contributed by atoms with Crippen molar-refractivity contribution in [1.82, 2.24) is 4.98 Å². The molecule has 1 aromatic carbocycles. The second kappa shape index (κ2) is 4.44. The Bertz CT molecular complexity index is 454. The highest BCUT2D eigenvalue weighted by Gasteiger charge is 2.04. The molecule has 0 atom stereocenters.